The molecule has 2 aromatic rings. The van der Waals surface area contributed by atoms with Crippen molar-refractivity contribution < 1.29 is 9.53 Å². The highest BCUT2D eigenvalue weighted by Crippen LogP contribution is 2.27. The molecule has 0 saturated carbocycles. The standard InChI is InChI=1S/C16H17N3O2/c1-11-5-4-8-17-15(11)19-16(20)18-10-13-9-12-6-2-3-7-14(12)21-13/h2-8,13H,9-10H2,1H3,(H2,17,18,19,20)/t13-/m1/s1. The Hall–Kier alpha value is -2.56. The van der Waals surface area contributed by atoms with E-state index in [9.17, 15) is 4.79 Å². The summed E-state index contributed by atoms with van der Waals surface area (Å²) < 4.78 is 5.77. The monoisotopic (exact) mass is 283 g/mol. The van der Waals surface area contributed by atoms with Gasteiger partial charge in [-0.15, -0.1) is 0 Å². The van der Waals surface area contributed by atoms with Crippen molar-refractivity contribution in [2.45, 2.75) is 19.4 Å². The van der Waals surface area contributed by atoms with Gasteiger partial charge in [0.05, 0.1) is 6.54 Å². The van der Waals surface area contributed by atoms with Gasteiger partial charge in [0.1, 0.15) is 17.7 Å². The first-order valence-electron chi connectivity index (χ1n) is 6.93. The van der Waals surface area contributed by atoms with E-state index in [2.05, 4.69) is 15.6 Å². The van der Waals surface area contributed by atoms with Crippen LogP contribution in [0.15, 0.2) is 42.6 Å². The Morgan fingerprint density at radius 3 is 3.00 bits per heavy atom. The molecule has 0 unspecified atom stereocenters. The Morgan fingerprint density at radius 2 is 2.19 bits per heavy atom. The van der Waals surface area contributed by atoms with E-state index in [1.165, 1.54) is 5.56 Å². The zero-order chi connectivity index (χ0) is 14.7. The van der Waals surface area contributed by atoms with Gasteiger partial charge in [-0.25, -0.2) is 9.78 Å². The molecule has 1 aromatic heterocycles. The number of nitrogens with one attached hydrogen (secondary N) is 2. The molecule has 2 N–H and O–H groups in total. The number of para-hydroxylation sites is 1. The fraction of sp³-hybridized carbons (Fsp3) is 0.250. The van der Waals surface area contributed by atoms with E-state index in [1.54, 1.807) is 6.20 Å². The average Bonchev–Trinajstić information content (AvgIpc) is 2.90. The molecule has 21 heavy (non-hydrogen) atoms. The second kappa shape index (κ2) is 5.83. The molecule has 0 fully saturated rings. The predicted molar refractivity (Wildman–Crippen MR) is 80.6 cm³/mol. The van der Waals surface area contributed by atoms with Gasteiger partial charge in [-0.3, -0.25) is 5.32 Å². The third-order valence-electron chi connectivity index (χ3n) is 3.45. The fourth-order valence-electron chi connectivity index (χ4n) is 2.34. The second-order valence-corrected chi connectivity index (χ2v) is 5.06. The first-order chi connectivity index (χ1) is 10.2. The number of urea groups is 1. The van der Waals surface area contributed by atoms with Gasteiger partial charge in [0, 0.05) is 12.6 Å². The molecular weight excluding hydrogens is 266 g/mol. The van der Waals surface area contributed by atoms with Crippen LogP contribution in [0.2, 0.25) is 0 Å². The molecule has 0 bridgehead atoms. The van der Waals surface area contributed by atoms with Crippen molar-refractivity contribution in [2.75, 3.05) is 11.9 Å². The summed E-state index contributed by atoms with van der Waals surface area (Å²) in [6, 6.07) is 11.4. The molecule has 2 heterocycles. The van der Waals surface area contributed by atoms with E-state index < -0.39 is 0 Å². The Labute approximate surface area is 123 Å². The third kappa shape index (κ3) is 3.13. The molecule has 1 aliphatic heterocycles. The van der Waals surface area contributed by atoms with E-state index in [4.69, 9.17) is 4.74 Å². The SMILES string of the molecule is Cc1cccnc1NC(=O)NC[C@H]1Cc2ccccc2O1. The van der Waals surface area contributed by atoms with Crippen LogP contribution in [0.25, 0.3) is 0 Å². The topological polar surface area (TPSA) is 63.2 Å². The smallest absolute Gasteiger partial charge is 0.320 e. The van der Waals surface area contributed by atoms with Crippen molar-refractivity contribution in [3.8, 4) is 5.75 Å². The molecule has 0 radical (unpaired) electrons. The molecule has 1 aliphatic rings. The minimum Gasteiger partial charge on any atom is -0.488 e. The predicted octanol–water partition coefficient (Wildman–Crippen LogP) is 2.52. The lowest BCUT2D eigenvalue weighted by molar-refractivity contribution is 0.219. The number of aryl methyl sites for hydroxylation is 1. The number of carbonyl (C=O) groups is 1. The van der Waals surface area contributed by atoms with Gasteiger partial charge in [0.15, 0.2) is 0 Å². The highest BCUT2D eigenvalue weighted by Gasteiger charge is 2.22. The third-order valence-corrected chi connectivity index (χ3v) is 3.45. The molecule has 108 valence electrons. The lowest BCUT2D eigenvalue weighted by Crippen LogP contribution is -2.37. The van der Waals surface area contributed by atoms with Crippen molar-refractivity contribution >= 4 is 11.8 Å². The minimum absolute atomic E-state index is 0.0158. The number of benzene rings is 1. The van der Waals surface area contributed by atoms with E-state index in [0.717, 1.165) is 17.7 Å². The summed E-state index contributed by atoms with van der Waals surface area (Å²) >= 11 is 0. The Morgan fingerprint density at radius 1 is 1.33 bits per heavy atom. The normalized spacial score (nSPS) is 16.0. The number of nitrogens with zero attached hydrogens (tertiary/aromatic N) is 1. The summed E-state index contributed by atoms with van der Waals surface area (Å²) in [6.07, 6.45) is 2.45. The molecule has 0 aliphatic carbocycles. The van der Waals surface area contributed by atoms with Crippen molar-refractivity contribution in [1.82, 2.24) is 10.3 Å². The minimum atomic E-state index is -0.267. The molecule has 5 nitrogen and oxygen atoms in total. The number of carbonyl (C=O) groups excluding carboxylic acids is 1. The maximum atomic E-state index is 11.9. The van der Waals surface area contributed by atoms with E-state index in [-0.39, 0.29) is 12.1 Å². The van der Waals surface area contributed by atoms with Crippen LogP contribution in [0.3, 0.4) is 0 Å². The number of ether oxygens (including phenoxy) is 1. The van der Waals surface area contributed by atoms with Gasteiger partial charge >= 0.3 is 6.03 Å². The van der Waals surface area contributed by atoms with Crippen molar-refractivity contribution in [3.05, 3.63) is 53.7 Å². The molecule has 1 atom stereocenters. The quantitative estimate of drug-likeness (QED) is 0.909. The summed E-state index contributed by atoms with van der Waals surface area (Å²) in [6.45, 7) is 2.37. The van der Waals surface area contributed by atoms with Crippen LogP contribution < -0.4 is 15.4 Å². The maximum Gasteiger partial charge on any atom is 0.320 e. The highest BCUT2D eigenvalue weighted by molar-refractivity contribution is 5.88. The van der Waals surface area contributed by atoms with Crippen molar-refractivity contribution in [2.24, 2.45) is 0 Å². The number of amides is 2. The van der Waals surface area contributed by atoms with Gasteiger partial charge in [-0.05, 0) is 30.2 Å². The van der Waals surface area contributed by atoms with Gasteiger partial charge < -0.3 is 10.1 Å². The van der Waals surface area contributed by atoms with Gasteiger partial charge in [0.25, 0.3) is 0 Å². The number of rotatable bonds is 3. The van der Waals surface area contributed by atoms with Gasteiger partial charge in [-0.2, -0.15) is 0 Å². The number of fused-ring (bicyclic) bond motifs is 1. The lowest BCUT2D eigenvalue weighted by Gasteiger charge is -2.13. The summed E-state index contributed by atoms with van der Waals surface area (Å²) in [5, 5.41) is 5.56. The van der Waals surface area contributed by atoms with Crippen LogP contribution in [-0.4, -0.2) is 23.7 Å². The van der Waals surface area contributed by atoms with E-state index in [1.807, 2.05) is 43.3 Å². The van der Waals surface area contributed by atoms with Crippen LogP contribution in [-0.2, 0) is 6.42 Å². The number of hydrogen-bond donors (Lipinski definition) is 2. The Kier molecular flexibility index (Phi) is 3.73. The molecule has 2 amide bonds. The first kappa shape index (κ1) is 13.4. The lowest BCUT2D eigenvalue weighted by atomic mass is 10.1. The summed E-state index contributed by atoms with van der Waals surface area (Å²) in [7, 11) is 0. The maximum absolute atomic E-state index is 11.9. The Balaban J connectivity index is 1.50. The number of pyridine rings is 1. The molecule has 3 rings (SSSR count). The van der Waals surface area contributed by atoms with E-state index in [0.29, 0.717) is 12.4 Å². The first-order valence-corrected chi connectivity index (χ1v) is 6.93. The largest absolute Gasteiger partial charge is 0.488 e. The molecule has 0 saturated heterocycles. The number of hydrogen-bond acceptors (Lipinski definition) is 3. The van der Waals surface area contributed by atoms with Crippen molar-refractivity contribution in [1.29, 1.82) is 0 Å². The van der Waals surface area contributed by atoms with Gasteiger partial charge in [0.2, 0.25) is 0 Å². The molecule has 5 heteroatoms. The van der Waals surface area contributed by atoms with Crippen LogP contribution in [0.4, 0.5) is 10.6 Å². The second-order valence-electron chi connectivity index (χ2n) is 5.06. The van der Waals surface area contributed by atoms with Crippen LogP contribution in [0, 0.1) is 6.92 Å². The zero-order valence-corrected chi connectivity index (χ0v) is 11.8. The summed E-state index contributed by atoms with van der Waals surface area (Å²) in [4.78, 5) is 16.0. The Bertz CT molecular complexity index is 632. The molecular formula is C16H17N3O2. The van der Waals surface area contributed by atoms with Crippen LogP contribution >= 0.6 is 0 Å². The summed E-state index contributed by atoms with van der Waals surface area (Å²) in [5.41, 5.74) is 2.11. The highest BCUT2D eigenvalue weighted by atomic mass is 16.5. The average molecular weight is 283 g/mol. The van der Waals surface area contributed by atoms with E-state index >= 15 is 0 Å². The summed E-state index contributed by atoms with van der Waals surface area (Å²) in [5.74, 6) is 1.48. The van der Waals surface area contributed by atoms with Crippen LogP contribution in [0.1, 0.15) is 11.1 Å². The van der Waals surface area contributed by atoms with Crippen molar-refractivity contribution in [3.63, 3.8) is 0 Å². The fourth-order valence-corrected chi connectivity index (χ4v) is 2.34. The van der Waals surface area contributed by atoms with Gasteiger partial charge in [-0.1, -0.05) is 24.3 Å². The zero-order valence-electron chi connectivity index (χ0n) is 11.8. The van der Waals surface area contributed by atoms with Crippen LogP contribution in [0.5, 0.6) is 5.75 Å². The number of anilines is 1. The molecule has 0 spiro atoms. The molecule has 1 aromatic carbocycles. The number of aromatic nitrogens is 1.